The van der Waals surface area contributed by atoms with E-state index in [9.17, 15) is 14.0 Å². The molecule has 9 nitrogen and oxygen atoms in total. The highest BCUT2D eigenvalue weighted by Gasteiger charge is 2.21. The van der Waals surface area contributed by atoms with Crippen molar-refractivity contribution in [1.82, 2.24) is 14.8 Å². The van der Waals surface area contributed by atoms with Crippen LogP contribution in [-0.4, -0.2) is 39.8 Å². The van der Waals surface area contributed by atoms with Crippen LogP contribution >= 0.6 is 0 Å². The van der Waals surface area contributed by atoms with Gasteiger partial charge in [0, 0.05) is 28.4 Å². The lowest BCUT2D eigenvalue weighted by atomic mass is 10.0. The summed E-state index contributed by atoms with van der Waals surface area (Å²) in [6, 6.07) is 9.51. The van der Waals surface area contributed by atoms with E-state index in [1.807, 2.05) is 26.0 Å². The van der Waals surface area contributed by atoms with Gasteiger partial charge in [0.1, 0.15) is 19.0 Å². The maximum atomic E-state index is 14.4. The molecule has 3 heterocycles. The Bertz CT molecular complexity index is 1530. The number of aromatic nitrogens is 3. The van der Waals surface area contributed by atoms with Crippen molar-refractivity contribution in [1.29, 1.82) is 0 Å². The minimum absolute atomic E-state index is 0.00924. The summed E-state index contributed by atoms with van der Waals surface area (Å²) in [6.07, 6.45) is 1.58. The Morgan fingerprint density at radius 3 is 2.58 bits per heavy atom. The zero-order valence-corrected chi connectivity index (χ0v) is 20.0. The van der Waals surface area contributed by atoms with Crippen molar-refractivity contribution in [2.24, 2.45) is 5.73 Å². The first kappa shape index (κ1) is 23.3. The minimum atomic E-state index is -0.796. The van der Waals surface area contributed by atoms with Gasteiger partial charge in [0.15, 0.2) is 17.1 Å². The lowest BCUT2D eigenvalue weighted by Crippen LogP contribution is -2.17. The van der Waals surface area contributed by atoms with Gasteiger partial charge in [-0.3, -0.25) is 9.59 Å². The molecule has 10 heteroatoms. The molecule has 3 N–H and O–H groups in total. The molecule has 4 aromatic rings. The van der Waals surface area contributed by atoms with E-state index in [1.165, 1.54) is 13.0 Å². The van der Waals surface area contributed by atoms with Crippen LogP contribution in [0.5, 0.6) is 11.5 Å². The van der Waals surface area contributed by atoms with Crippen molar-refractivity contribution < 1.29 is 23.5 Å². The van der Waals surface area contributed by atoms with Crippen LogP contribution < -0.4 is 20.5 Å². The number of halogens is 1. The maximum absolute atomic E-state index is 14.4. The lowest BCUT2D eigenvalue weighted by molar-refractivity contribution is 0.0996. The molecule has 36 heavy (non-hydrogen) atoms. The summed E-state index contributed by atoms with van der Waals surface area (Å²) in [4.78, 5) is 29.9. The zero-order valence-electron chi connectivity index (χ0n) is 20.0. The molecular weight excluding hydrogens is 465 g/mol. The number of fused-ring (bicyclic) bond motifs is 2. The topological polar surface area (TPSA) is 121 Å². The average Bonchev–Trinajstić information content (AvgIpc) is 3.30. The van der Waals surface area contributed by atoms with Crippen LogP contribution in [-0.2, 0) is 0 Å². The lowest BCUT2D eigenvalue weighted by Gasteiger charge is -2.19. The third kappa shape index (κ3) is 4.10. The average molecular weight is 490 g/mol. The zero-order chi connectivity index (χ0) is 25.6. The van der Waals surface area contributed by atoms with E-state index in [1.54, 1.807) is 23.0 Å². The molecule has 0 spiro atoms. The van der Waals surface area contributed by atoms with Crippen LogP contribution in [0.15, 0.2) is 42.6 Å². The van der Waals surface area contributed by atoms with Gasteiger partial charge in [-0.2, -0.15) is 5.10 Å². The Labute approximate surface area is 206 Å². The van der Waals surface area contributed by atoms with Crippen LogP contribution in [0.25, 0.3) is 22.3 Å². The Balaban J connectivity index is 1.63. The van der Waals surface area contributed by atoms with Crippen molar-refractivity contribution >= 4 is 28.5 Å². The molecule has 0 bridgehead atoms. The summed E-state index contributed by atoms with van der Waals surface area (Å²) in [5, 5.41) is 7.69. The Morgan fingerprint density at radius 1 is 1.11 bits per heavy atom. The predicted molar refractivity (Wildman–Crippen MR) is 132 cm³/mol. The molecule has 2 amide bonds. The third-order valence-electron chi connectivity index (χ3n) is 6.02. The van der Waals surface area contributed by atoms with Gasteiger partial charge in [-0.25, -0.2) is 14.1 Å². The molecule has 2 aromatic heterocycles. The fourth-order valence-electron chi connectivity index (χ4n) is 4.07. The highest BCUT2D eigenvalue weighted by molar-refractivity contribution is 6.13. The van der Waals surface area contributed by atoms with Crippen LogP contribution in [0, 0.1) is 12.7 Å². The van der Waals surface area contributed by atoms with E-state index in [4.69, 9.17) is 20.2 Å². The van der Waals surface area contributed by atoms with Gasteiger partial charge >= 0.3 is 0 Å². The van der Waals surface area contributed by atoms with Gasteiger partial charge in [0.25, 0.3) is 5.91 Å². The van der Waals surface area contributed by atoms with Crippen molar-refractivity contribution in [2.45, 2.75) is 26.8 Å². The minimum Gasteiger partial charge on any atom is -0.486 e. The number of nitrogens with one attached hydrogen (secondary N) is 1. The monoisotopic (exact) mass is 489 g/mol. The van der Waals surface area contributed by atoms with Crippen molar-refractivity contribution in [3.63, 3.8) is 0 Å². The SMILES string of the molecule is Cc1c(F)cc(C(N)=O)cc1NC(=O)c1cc(-c2ccc3c(c2)OCCO3)nc2c1cnn2C(C)C. The fourth-order valence-corrected chi connectivity index (χ4v) is 4.07. The maximum Gasteiger partial charge on any atom is 0.256 e. The second-order valence-electron chi connectivity index (χ2n) is 8.78. The Morgan fingerprint density at radius 2 is 1.86 bits per heavy atom. The number of hydrogen-bond donors (Lipinski definition) is 2. The van der Waals surface area contributed by atoms with Gasteiger partial charge in [0.05, 0.1) is 22.8 Å². The third-order valence-corrected chi connectivity index (χ3v) is 6.02. The highest BCUT2D eigenvalue weighted by atomic mass is 19.1. The van der Waals surface area contributed by atoms with Gasteiger partial charge in [-0.15, -0.1) is 0 Å². The van der Waals surface area contributed by atoms with Crippen LogP contribution in [0.3, 0.4) is 0 Å². The first-order valence-electron chi connectivity index (χ1n) is 11.4. The number of amides is 2. The van der Waals surface area contributed by atoms with E-state index in [-0.39, 0.29) is 22.9 Å². The quantitative estimate of drug-likeness (QED) is 0.432. The molecule has 0 unspecified atom stereocenters. The summed E-state index contributed by atoms with van der Waals surface area (Å²) in [7, 11) is 0. The van der Waals surface area contributed by atoms with Crippen molar-refractivity contribution in [3.8, 4) is 22.8 Å². The standard InChI is InChI=1S/C26H24FN5O4/c1-13(2)32-25-18(12-29-32)17(26(34)31-20-9-16(24(28)33)8-19(27)14(20)3)11-21(30-25)15-4-5-22-23(10-15)36-7-6-35-22/h4-5,8-13H,6-7H2,1-3H3,(H2,28,33)(H,31,34). The van der Waals surface area contributed by atoms with E-state index in [2.05, 4.69) is 10.4 Å². The molecule has 1 aliphatic heterocycles. The second-order valence-corrected chi connectivity index (χ2v) is 8.78. The number of carbonyl (C=O) groups is 2. The van der Waals surface area contributed by atoms with Crippen LogP contribution in [0.2, 0.25) is 0 Å². The Hall–Kier alpha value is -4.47. The van der Waals surface area contributed by atoms with E-state index >= 15 is 0 Å². The van der Waals surface area contributed by atoms with E-state index in [0.29, 0.717) is 47.0 Å². The highest BCUT2D eigenvalue weighted by Crippen LogP contribution is 2.35. The van der Waals surface area contributed by atoms with Gasteiger partial charge < -0.3 is 20.5 Å². The number of rotatable bonds is 5. The molecule has 2 aromatic carbocycles. The smallest absolute Gasteiger partial charge is 0.256 e. The van der Waals surface area contributed by atoms with Crippen LogP contribution in [0.1, 0.15) is 46.2 Å². The number of pyridine rings is 1. The van der Waals surface area contributed by atoms with Gasteiger partial charge in [0.2, 0.25) is 5.91 Å². The normalized spacial score (nSPS) is 12.7. The van der Waals surface area contributed by atoms with Gasteiger partial charge in [-0.1, -0.05) is 0 Å². The Kier molecular flexibility index (Phi) is 5.79. The summed E-state index contributed by atoms with van der Waals surface area (Å²) in [6.45, 7) is 6.36. The summed E-state index contributed by atoms with van der Waals surface area (Å²) < 4.78 is 27.5. The number of carbonyl (C=O) groups excluding carboxylic acids is 2. The first-order valence-corrected chi connectivity index (χ1v) is 11.4. The molecule has 0 atom stereocenters. The summed E-state index contributed by atoms with van der Waals surface area (Å²) >= 11 is 0. The van der Waals surface area contributed by atoms with E-state index in [0.717, 1.165) is 11.6 Å². The van der Waals surface area contributed by atoms with Gasteiger partial charge in [-0.05, 0) is 57.2 Å². The second kappa shape index (κ2) is 8.95. The number of primary amides is 1. The molecule has 0 radical (unpaired) electrons. The number of nitrogens with zero attached hydrogens (tertiary/aromatic N) is 3. The van der Waals surface area contributed by atoms with E-state index < -0.39 is 17.6 Å². The number of nitrogens with two attached hydrogens (primary N) is 1. The van der Waals surface area contributed by atoms with Crippen LogP contribution in [0.4, 0.5) is 10.1 Å². The summed E-state index contributed by atoms with van der Waals surface area (Å²) in [5.41, 5.74) is 7.69. The molecule has 0 aliphatic carbocycles. The number of ether oxygens (including phenoxy) is 2. The fraction of sp³-hybridized carbons (Fsp3) is 0.231. The largest absolute Gasteiger partial charge is 0.486 e. The molecular formula is C26H24FN5O4. The molecule has 0 fully saturated rings. The predicted octanol–water partition coefficient (Wildman–Crippen LogP) is 4.25. The number of hydrogen-bond acceptors (Lipinski definition) is 6. The molecule has 1 aliphatic rings. The first-order chi connectivity index (χ1) is 17.2. The number of benzene rings is 2. The summed E-state index contributed by atoms with van der Waals surface area (Å²) in [5.74, 6) is -0.712. The molecule has 0 saturated heterocycles. The molecule has 5 rings (SSSR count). The molecule has 184 valence electrons. The number of anilines is 1. The van der Waals surface area contributed by atoms with Crippen molar-refractivity contribution in [3.05, 3.63) is 65.1 Å². The molecule has 0 saturated carbocycles. The van der Waals surface area contributed by atoms with Crippen molar-refractivity contribution in [2.75, 3.05) is 18.5 Å².